The topological polar surface area (TPSA) is 54.5 Å². The van der Waals surface area contributed by atoms with Gasteiger partial charge in [0.15, 0.2) is 9.84 Å². The fourth-order valence-corrected chi connectivity index (χ4v) is 4.54. The van der Waals surface area contributed by atoms with Crippen LogP contribution in [0.4, 0.5) is 0 Å². The first-order chi connectivity index (χ1) is 9.89. The number of hydrogen-bond acceptors (Lipinski definition) is 3. The van der Waals surface area contributed by atoms with E-state index in [9.17, 15) is 13.2 Å². The lowest BCUT2D eigenvalue weighted by atomic mass is 10.0. The van der Waals surface area contributed by atoms with Gasteiger partial charge in [-0.3, -0.25) is 4.79 Å². The number of rotatable bonds is 5. The Labute approximate surface area is 127 Å². The average molecular weight is 309 g/mol. The van der Waals surface area contributed by atoms with Crippen LogP contribution in [0.3, 0.4) is 0 Å². The monoisotopic (exact) mass is 309 g/mol. The van der Waals surface area contributed by atoms with Crippen LogP contribution in [-0.2, 0) is 27.6 Å². The Bertz CT molecular complexity index is 592. The fraction of sp³-hybridized carbons (Fsp3) is 0.562. The minimum Gasteiger partial charge on any atom is -0.341 e. The second-order valence-corrected chi connectivity index (χ2v) is 8.12. The van der Waals surface area contributed by atoms with Crippen molar-refractivity contribution in [2.24, 2.45) is 5.92 Å². The third-order valence-corrected chi connectivity index (χ3v) is 5.90. The standard InChI is InChI=1S/C16H23NO3S/c1-3-13-4-6-14(7-5-13)11-17(2)16(18)10-15-8-9-21(19,20)12-15/h4-7,15H,3,8-12H2,1-2H3. The summed E-state index contributed by atoms with van der Waals surface area (Å²) in [4.78, 5) is 13.9. The van der Waals surface area contributed by atoms with Crippen LogP contribution in [0.25, 0.3) is 0 Å². The summed E-state index contributed by atoms with van der Waals surface area (Å²) < 4.78 is 22.8. The second kappa shape index (κ2) is 6.60. The lowest BCUT2D eigenvalue weighted by Crippen LogP contribution is -2.28. The molecule has 0 radical (unpaired) electrons. The first-order valence-corrected chi connectivity index (χ1v) is 9.24. The van der Waals surface area contributed by atoms with Crippen LogP contribution < -0.4 is 0 Å². The van der Waals surface area contributed by atoms with Gasteiger partial charge >= 0.3 is 0 Å². The van der Waals surface area contributed by atoms with E-state index in [0.29, 0.717) is 19.4 Å². The van der Waals surface area contributed by atoms with Gasteiger partial charge in [0.25, 0.3) is 0 Å². The van der Waals surface area contributed by atoms with Crippen molar-refractivity contribution in [2.45, 2.75) is 32.7 Å². The number of sulfone groups is 1. The maximum Gasteiger partial charge on any atom is 0.222 e. The van der Waals surface area contributed by atoms with Gasteiger partial charge in [-0.2, -0.15) is 0 Å². The predicted octanol–water partition coefficient (Wildman–Crippen LogP) is 2.03. The van der Waals surface area contributed by atoms with Gasteiger partial charge in [0.05, 0.1) is 11.5 Å². The van der Waals surface area contributed by atoms with Gasteiger partial charge in [-0.25, -0.2) is 8.42 Å². The van der Waals surface area contributed by atoms with E-state index >= 15 is 0 Å². The predicted molar refractivity (Wildman–Crippen MR) is 83.7 cm³/mol. The molecule has 1 aliphatic heterocycles. The maximum atomic E-state index is 12.2. The summed E-state index contributed by atoms with van der Waals surface area (Å²) in [6.45, 7) is 2.68. The summed E-state index contributed by atoms with van der Waals surface area (Å²) in [5.41, 5.74) is 2.38. The molecular weight excluding hydrogens is 286 g/mol. The van der Waals surface area contributed by atoms with Gasteiger partial charge in [0.2, 0.25) is 5.91 Å². The van der Waals surface area contributed by atoms with Crippen molar-refractivity contribution in [1.82, 2.24) is 4.90 Å². The molecule has 1 fully saturated rings. The summed E-state index contributed by atoms with van der Waals surface area (Å²) in [5.74, 6) is 0.411. The molecule has 0 bridgehead atoms. The number of benzene rings is 1. The van der Waals surface area contributed by atoms with E-state index in [-0.39, 0.29) is 23.3 Å². The zero-order valence-corrected chi connectivity index (χ0v) is 13.5. The third-order valence-electron chi connectivity index (χ3n) is 4.07. The molecule has 1 aliphatic rings. The van der Waals surface area contributed by atoms with Crippen molar-refractivity contribution in [2.75, 3.05) is 18.6 Å². The van der Waals surface area contributed by atoms with Crippen molar-refractivity contribution in [3.8, 4) is 0 Å². The van der Waals surface area contributed by atoms with Crippen LogP contribution in [0.15, 0.2) is 24.3 Å². The third kappa shape index (κ3) is 4.56. The molecule has 1 heterocycles. The highest BCUT2D eigenvalue weighted by molar-refractivity contribution is 7.91. The molecule has 0 N–H and O–H groups in total. The largest absolute Gasteiger partial charge is 0.341 e. The summed E-state index contributed by atoms with van der Waals surface area (Å²) in [6, 6.07) is 8.25. The zero-order valence-electron chi connectivity index (χ0n) is 12.7. The Morgan fingerprint density at radius 3 is 2.38 bits per heavy atom. The number of nitrogens with zero attached hydrogens (tertiary/aromatic N) is 1. The van der Waals surface area contributed by atoms with Crippen LogP contribution in [0.1, 0.15) is 30.9 Å². The molecule has 116 valence electrons. The number of aryl methyl sites for hydroxylation is 1. The summed E-state index contributed by atoms with van der Waals surface area (Å²) in [6.07, 6.45) is 1.96. The van der Waals surface area contributed by atoms with Crippen LogP contribution in [-0.4, -0.2) is 37.8 Å². The van der Waals surface area contributed by atoms with Gasteiger partial charge in [0, 0.05) is 20.0 Å². The number of amides is 1. The van der Waals surface area contributed by atoms with Crippen molar-refractivity contribution in [1.29, 1.82) is 0 Å². The van der Waals surface area contributed by atoms with Gasteiger partial charge in [-0.15, -0.1) is 0 Å². The van der Waals surface area contributed by atoms with Gasteiger partial charge < -0.3 is 4.90 Å². The van der Waals surface area contributed by atoms with E-state index in [0.717, 1.165) is 12.0 Å². The molecule has 2 rings (SSSR count). The van der Waals surface area contributed by atoms with E-state index in [2.05, 4.69) is 19.1 Å². The summed E-state index contributed by atoms with van der Waals surface area (Å²) in [5, 5.41) is 0. The van der Waals surface area contributed by atoms with Crippen LogP contribution in [0, 0.1) is 5.92 Å². The molecule has 0 spiro atoms. The highest BCUT2D eigenvalue weighted by Crippen LogP contribution is 2.22. The first-order valence-electron chi connectivity index (χ1n) is 7.42. The van der Waals surface area contributed by atoms with Crippen LogP contribution >= 0.6 is 0 Å². The minimum atomic E-state index is -2.90. The Morgan fingerprint density at radius 2 is 1.86 bits per heavy atom. The van der Waals surface area contributed by atoms with E-state index in [1.807, 2.05) is 12.1 Å². The SMILES string of the molecule is CCc1ccc(CN(C)C(=O)CC2CCS(=O)(=O)C2)cc1. The Hall–Kier alpha value is -1.36. The molecule has 4 nitrogen and oxygen atoms in total. The van der Waals surface area contributed by atoms with E-state index in [4.69, 9.17) is 0 Å². The van der Waals surface area contributed by atoms with Crippen molar-refractivity contribution in [3.05, 3.63) is 35.4 Å². The lowest BCUT2D eigenvalue weighted by molar-refractivity contribution is -0.131. The van der Waals surface area contributed by atoms with Crippen LogP contribution in [0.5, 0.6) is 0 Å². The number of hydrogen-bond donors (Lipinski definition) is 0. The molecule has 1 aromatic rings. The van der Waals surface area contributed by atoms with Gasteiger partial charge in [0.1, 0.15) is 0 Å². The molecule has 0 saturated carbocycles. The molecule has 5 heteroatoms. The normalized spacial score (nSPS) is 20.4. The fourth-order valence-electron chi connectivity index (χ4n) is 2.68. The number of carbonyl (C=O) groups is 1. The highest BCUT2D eigenvalue weighted by Gasteiger charge is 2.30. The summed E-state index contributed by atoms with van der Waals surface area (Å²) in [7, 11) is -1.13. The Kier molecular flexibility index (Phi) is 5.04. The van der Waals surface area contributed by atoms with Gasteiger partial charge in [-0.05, 0) is 29.9 Å². The maximum absolute atomic E-state index is 12.2. The molecule has 0 aliphatic carbocycles. The average Bonchev–Trinajstić information content (AvgIpc) is 2.78. The van der Waals surface area contributed by atoms with Crippen molar-refractivity contribution < 1.29 is 13.2 Å². The smallest absolute Gasteiger partial charge is 0.222 e. The zero-order chi connectivity index (χ0) is 15.5. The van der Waals surface area contributed by atoms with E-state index in [1.54, 1.807) is 11.9 Å². The quantitative estimate of drug-likeness (QED) is 0.836. The molecule has 0 aromatic heterocycles. The molecule has 21 heavy (non-hydrogen) atoms. The van der Waals surface area contributed by atoms with Gasteiger partial charge in [-0.1, -0.05) is 31.2 Å². The minimum absolute atomic E-state index is 0.00702. The Morgan fingerprint density at radius 1 is 1.24 bits per heavy atom. The Balaban J connectivity index is 1.87. The first kappa shape index (κ1) is 16.0. The van der Waals surface area contributed by atoms with E-state index in [1.165, 1.54) is 5.56 Å². The molecule has 1 amide bonds. The molecule has 1 saturated heterocycles. The van der Waals surface area contributed by atoms with Crippen molar-refractivity contribution >= 4 is 15.7 Å². The van der Waals surface area contributed by atoms with E-state index < -0.39 is 9.84 Å². The molecule has 1 unspecified atom stereocenters. The highest BCUT2D eigenvalue weighted by atomic mass is 32.2. The van der Waals surface area contributed by atoms with Crippen molar-refractivity contribution in [3.63, 3.8) is 0 Å². The van der Waals surface area contributed by atoms with Crippen LogP contribution in [0.2, 0.25) is 0 Å². The molecule has 1 atom stereocenters. The lowest BCUT2D eigenvalue weighted by Gasteiger charge is -2.19. The summed E-state index contributed by atoms with van der Waals surface area (Å²) >= 11 is 0. The molecule has 1 aromatic carbocycles. The second-order valence-electron chi connectivity index (χ2n) is 5.89. The number of carbonyl (C=O) groups excluding carboxylic acids is 1. The molecular formula is C16H23NO3S.